The monoisotopic (exact) mass is 440 g/mol. The lowest BCUT2D eigenvalue weighted by atomic mass is 10.1. The Kier molecular flexibility index (Phi) is 9.63. The van der Waals surface area contributed by atoms with E-state index >= 15 is 0 Å². The highest BCUT2D eigenvalue weighted by atomic mass is 32.2. The van der Waals surface area contributed by atoms with Crippen molar-refractivity contribution in [3.05, 3.63) is 65.7 Å². The van der Waals surface area contributed by atoms with Crippen LogP contribution in [0.5, 0.6) is 0 Å². The number of carbonyl (C=O) groups is 2. The number of benzene rings is 2. The minimum atomic E-state index is -0.459. The Morgan fingerprint density at radius 1 is 1.03 bits per heavy atom. The van der Waals surface area contributed by atoms with Gasteiger partial charge in [-0.05, 0) is 58.2 Å². The first-order chi connectivity index (χ1) is 14.7. The van der Waals surface area contributed by atoms with Gasteiger partial charge in [0, 0.05) is 29.2 Å². The summed E-state index contributed by atoms with van der Waals surface area (Å²) in [5.74, 6) is 0.648. The van der Waals surface area contributed by atoms with Crippen LogP contribution in [0.25, 0.3) is 0 Å². The smallest absolute Gasteiger partial charge is 0.243 e. The van der Waals surface area contributed by atoms with E-state index in [1.165, 1.54) is 11.1 Å². The molecule has 5 heteroatoms. The second-order valence-electron chi connectivity index (χ2n) is 8.90. The van der Waals surface area contributed by atoms with E-state index in [0.29, 0.717) is 25.1 Å². The molecular weight excluding hydrogens is 404 g/mol. The highest BCUT2D eigenvalue weighted by Crippen LogP contribution is 2.20. The SMILES string of the molecule is CC[C@@H](C(=O)NC(C)(C)C)N(CCc1ccccc1)C(=O)CCSc1ccc(C)cc1. The summed E-state index contributed by atoms with van der Waals surface area (Å²) >= 11 is 1.68. The number of hydrogen-bond donors (Lipinski definition) is 1. The fourth-order valence-corrected chi connectivity index (χ4v) is 4.22. The molecule has 0 fully saturated rings. The third-order valence-electron chi connectivity index (χ3n) is 4.97. The first kappa shape index (κ1) is 25.0. The van der Waals surface area contributed by atoms with Crippen molar-refractivity contribution in [3.8, 4) is 0 Å². The molecule has 0 saturated heterocycles. The largest absolute Gasteiger partial charge is 0.350 e. The number of nitrogens with one attached hydrogen (secondary N) is 1. The Labute approximate surface area is 191 Å². The maximum atomic E-state index is 13.2. The Bertz CT molecular complexity index is 829. The molecule has 0 heterocycles. The van der Waals surface area contributed by atoms with Crippen LogP contribution >= 0.6 is 11.8 Å². The molecule has 2 aromatic rings. The molecule has 0 aliphatic heterocycles. The molecule has 0 spiro atoms. The van der Waals surface area contributed by atoms with Gasteiger partial charge in [-0.3, -0.25) is 9.59 Å². The van der Waals surface area contributed by atoms with Crippen LogP contribution in [0.1, 0.15) is 51.7 Å². The third kappa shape index (κ3) is 8.78. The Morgan fingerprint density at radius 3 is 2.26 bits per heavy atom. The van der Waals surface area contributed by atoms with Crippen LogP contribution in [0.2, 0.25) is 0 Å². The zero-order valence-electron chi connectivity index (χ0n) is 19.5. The van der Waals surface area contributed by atoms with Gasteiger partial charge >= 0.3 is 0 Å². The molecule has 0 radical (unpaired) electrons. The summed E-state index contributed by atoms with van der Waals surface area (Å²) in [5.41, 5.74) is 2.06. The summed E-state index contributed by atoms with van der Waals surface area (Å²) in [5, 5.41) is 3.05. The average Bonchev–Trinajstić information content (AvgIpc) is 2.71. The molecular formula is C26H36N2O2S. The third-order valence-corrected chi connectivity index (χ3v) is 5.99. The molecule has 2 aromatic carbocycles. The molecule has 4 nitrogen and oxygen atoms in total. The predicted molar refractivity (Wildman–Crippen MR) is 130 cm³/mol. The number of nitrogens with zero attached hydrogens (tertiary/aromatic N) is 1. The van der Waals surface area contributed by atoms with Crippen molar-refractivity contribution in [2.75, 3.05) is 12.3 Å². The molecule has 0 aliphatic carbocycles. The zero-order valence-corrected chi connectivity index (χ0v) is 20.3. The zero-order chi connectivity index (χ0) is 22.9. The van der Waals surface area contributed by atoms with Crippen molar-refractivity contribution < 1.29 is 9.59 Å². The van der Waals surface area contributed by atoms with Crippen LogP contribution in [-0.4, -0.2) is 40.6 Å². The summed E-state index contributed by atoms with van der Waals surface area (Å²) in [6, 6.07) is 18.0. The molecule has 31 heavy (non-hydrogen) atoms. The standard InChI is InChI=1S/C26H36N2O2S/c1-6-23(25(30)27-26(3,4)5)28(18-16-21-10-8-7-9-11-21)24(29)17-19-31-22-14-12-20(2)13-15-22/h7-15,23H,6,16-19H2,1-5H3,(H,27,30)/t23-/m0/s1. The number of hydrogen-bond acceptors (Lipinski definition) is 3. The summed E-state index contributed by atoms with van der Waals surface area (Å²) in [4.78, 5) is 29.1. The van der Waals surface area contributed by atoms with Crippen molar-refractivity contribution in [3.63, 3.8) is 0 Å². The second-order valence-corrected chi connectivity index (χ2v) is 10.1. The van der Waals surface area contributed by atoms with Crippen molar-refractivity contribution in [2.45, 2.75) is 70.4 Å². The minimum Gasteiger partial charge on any atom is -0.350 e. The Morgan fingerprint density at radius 2 is 1.68 bits per heavy atom. The minimum absolute atomic E-state index is 0.0338. The fourth-order valence-electron chi connectivity index (χ4n) is 3.38. The van der Waals surface area contributed by atoms with Crippen LogP contribution in [-0.2, 0) is 16.0 Å². The van der Waals surface area contributed by atoms with Crippen LogP contribution < -0.4 is 5.32 Å². The van der Waals surface area contributed by atoms with Gasteiger partial charge in [0.2, 0.25) is 11.8 Å². The van der Waals surface area contributed by atoms with Gasteiger partial charge in [0.05, 0.1) is 0 Å². The maximum absolute atomic E-state index is 13.2. The summed E-state index contributed by atoms with van der Waals surface area (Å²) < 4.78 is 0. The maximum Gasteiger partial charge on any atom is 0.243 e. The van der Waals surface area contributed by atoms with Crippen molar-refractivity contribution >= 4 is 23.6 Å². The van der Waals surface area contributed by atoms with Crippen LogP contribution in [0, 0.1) is 6.92 Å². The van der Waals surface area contributed by atoms with Crippen molar-refractivity contribution in [2.24, 2.45) is 0 Å². The summed E-state index contributed by atoms with van der Waals surface area (Å²) in [7, 11) is 0. The number of rotatable bonds is 10. The molecule has 0 saturated carbocycles. The van der Waals surface area contributed by atoms with E-state index in [-0.39, 0.29) is 17.4 Å². The van der Waals surface area contributed by atoms with E-state index in [9.17, 15) is 9.59 Å². The van der Waals surface area contributed by atoms with Gasteiger partial charge in [-0.2, -0.15) is 0 Å². The molecule has 1 atom stereocenters. The highest BCUT2D eigenvalue weighted by molar-refractivity contribution is 7.99. The van der Waals surface area contributed by atoms with E-state index in [1.54, 1.807) is 16.7 Å². The van der Waals surface area contributed by atoms with Gasteiger partial charge < -0.3 is 10.2 Å². The van der Waals surface area contributed by atoms with E-state index in [1.807, 2.05) is 45.9 Å². The Hall–Kier alpha value is -2.27. The topological polar surface area (TPSA) is 49.4 Å². The molecule has 1 N–H and O–H groups in total. The van der Waals surface area contributed by atoms with Crippen molar-refractivity contribution in [1.29, 1.82) is 0 Å². The van der Waals surface area contributed by atoms with E-state index in [2.05, 4.69) is 48.6 Å². The highest BCUT2D eigenvalue weighted by Gasteiger charge is 2.30. The molecule has 168 valence electrons. The van der Waals surface area contributed by atoms with Gasteiger partial charge in [0.15, 0.2) is 0 Å². The van der Waals surface area contributed by atoms with E-state index < -0.39 is 6.04 Å². The molecule has 0 aliphatic rings. The van der Waals surface area contributed by atoms with Crippen molar-refractivity contribution in [1.82, 2.24) is 10.2 Å². The van der Waals surface area contributed by atoms with Gasteiger partial charge in [-0.25, -0.2) is 0 Å². The van der Waals surface area contributed by atoms with Crippen LogP contribution in [0.4, 0.5) is 0 Å². The first-order valence-electron chi connectivity index (χ1n) is 11.0. The Balaban J connectivity index is 2.07. The number of amides is 2. The predicted octanol–water partition coefficient (Wildman–Crippen LogP) is 5.24. The molecule has 0 bridgehead atoms. The number of aryl methyl sites for hydroxylation is 1. The second kappa shape index (κ2) is 11.9. The lowest BCUT2D eigenvalue weighted by Crippen LogP contribution is -2.54. The fraction of sp³-hybridized carbons (Fsp3) is 0.462. The van der Waals surface area contributed by atoms with Crippen LogP contribution in [0.15, 0.2) is 59.5 Å². The van der Waals surface area contributed by atoms with E-state index in [4.69, 9.17) is 0 Å². The summed E-state index contributed by atoms with van der Waals surface area (Å²) in [6.07, 6.45) is 1.73. The summed E-state index contributed by atoms with van der Waals surface area (Å²) in [6.45, 7) is 10.5. The van der Waals surface area contributed by atoms with Gasteiger partial charge in [0.1, 0.15) is 6.04 Å². The normalized spacial score (nSPS) is 12.3. The molecule has 2 amide bonds. The number of thioether (sulfide) groups is 1. The molecule has 0 aromatic heterocycles. The lowest BCUT2D eigenvalue weighted by Gasteiger charge is -2.33. The molecule has 0 unspecified atom stereocenters. The quantitative estimate of drug-likeness (QED) is 0.514. The number of carbonyl (C=O) groups excluding carboxylic acids is 2. The van der Waals surface area contributed by atoms with E-state index in [0.717, 1.165) is 11.3 Å². The lowest BCUT2D eigenvalue weighted by molar-refractivity contribution is -0.141. The van der Waals surface area contributed by atoms with Gasteiger partial charge in [-0.1, -0.05) is 55.0 Å². The average molecular weight is 441 g/mol. The van der Waals surface area contributed by atoms with Gasteiger partial charge in [-0.15, -0.1) is 11.8 Å². The molecule has 2 rings (SSSR count). The van der Waals surface area contributed by atoms with Gasteiger partial charge in [0.25, 0.3) is 0 Å². The van der Waals surface area contributed by atoms with Crippen LogP contribution in [0.3, 0.4) is 0 Å². The first-order valence-corrected chi connectivity index (χ1v) is 12.0.